The van der Waals surface area contributed by atoms with E-state index in [0.29, 0.717) is 17.5 Å². The molecule has 0 spiro atoms. The van der Waals surface area contributed by atoms with E-state index in [0.717, 1.165) is 0 Å². The number of nitrogens with one attached hydrogen (secondary N) is 1. The van der Waals surface area contributed by atoms with Gasteiger partial charge in [0, 0.05) is 13.1 Å². The number of thioether (sulfide) groups is 1. The number of nitriles is 1. The summed E-state index contributed by atoms with van der Waals surface area (Å²) >= 11 is 0.441. The van der Waals surface area contributed by atoms with Crippen molar-refractivity contribution >= 4 is 23.7 Å². The highest BCUT2D eigenvalue weighted by atomic mass is 32.2. The maximum Gasteiger partial charge on any atom is 0.284 e. The predicted molar refractivity (Wildman–Crippen MR) is 63.7 cm³/mol. The van der Waals surface area contributed by atoms with E-state index < -0.39 is 11.7 Å². The molecule has 1 heterocycles. The first kappa shape index (κ1) is 14.3. The van der Waals surface area contributed by atoms with Crippen LogP contribution in [0.4, 0.5) is 8.78 Å². The largest absolute Gasteiger partial charge is 0.461 e. The SMILES string of the molecule is CNC(=O)/C(C#N)=C/c1ccc(CSC(F)F)o1. The van der Waals surface area contributed by atoms with Gasteiger partial charge in [-0.3, -0.25) is 4.79 Å². The second kappa shape index (κ2) is 6.81. The molecule has 0 unspecified atom stereocenters. The maximum atomic E-state index is 12.0. The van der Waals surface area contributed by atoms with Crippen LogP contribution < -0.4 is 5.32 Å². The number of amides is 1. The van der Waals surface area contributed by atoms with Gasteiger partial charge in [-0.05, 0) is 12.1 Å². The molecule has 18 heavy (non-hydrogen) atoms. The minimum absolute atomic E-state index is 0.0351. The van der Waals surface area contributed by atoms with Crippen LogP contribution in [0.15, 0.2) is 22.1 Å². The molecule has 0 fully saturated rings. The summed E-state index contributed by atoms with van der Waals surface area (Å²) in [6, 6.07) is 4.77. The summed E-state index contributed by atoms with van der Waals surface area (Å²) in [7, 11) is 1.40. The number of likely N-dealkylation sites (N-methyl/N-ethyl adjacent to an activating group) is 1. The molecule has 0 aliphatic rings. The number of rotatable bonds is 5. The lowest BCUT2D eigenvalue weighted by Crippen LogP contribution is -2.18. The molecule has 0 aromatic carbocycles. The average Bonchev–Trinajstić information content (AvgIpc) is 2.80. The van der Waals surface area contributed by atoms with Crippen molar-refractivity contribution in [2.75, 3.05) is 7.05 Å². The van der Waals surface area contributed by atoms with E-state index in [9.17, 15) is 13.6 Å². The summed E-state index contributed by atoms with van der Waals surface area (Å²) in [6.45, 7) is 0. The molecule has 0 saturated carbocycles. The molecule has 0 aliphatic carbocycles. The van der Waals surface area contributed by atoms with Gasteiger partial charge in [-0.25, -0.2) is 0 Å². The van der Waals surface area contributed by atoms with Crippen molar-refractivity contribution < 1.29 is 18.0 Å². The number of hydrogen-bond donors (Lipinski definition) is 1. The van der Waals surface area contributed by atoms with Crippen molar-refractivity contribution in [1.82, 2.24) is 5.32 Å². The minimum atomic E-state index is -2.46. The zero-order valence-corrected chi connectivity index (χ0v) is 10.3. The molecule has 0 saturated heterocycles. The summed E-state index contributed by atoms with van der Waals surface area (Å²) in [4.78, 5) is 11.2. The van der Waals surface area contributed by atoms with E-state index in [1.165, 1.54) is 25.3 Å². The van der Waals surface area contributed by atoms with Crippen LogP contribution in [0.2, 0.25) is 0 Å². The summed E-state index contributed by atoms with van der Waals surface area (Å²) in [6.07, 6.45) is 1.26. The molecule has 0 radical (unpaired) electrons. The fourth-order valence-electron chi connectivity index (χ4n) is 1.12. The Morgan fingerprint density at radius 1 is 1.67 bits per heavy atom. The fourth-order valence-corrected chi connectivity index (χ4v) is 1.57. The summed E-state index contributed by atoms with van der Waals surface area (Å²) in [5.41, 5.74) is -0.111. The van der Waals surface area contributed by atoms with Crippen LogP contribution >= 0.6 is 11.8 Å². The molecule has 1 aromatic heterocycles. The average molecular weight is 272 g/mol. The van der Waals surface area contributed by atoms with E-state index in [1.807, 2.05) is 0 Å². The van der Waals surface area contributed by atoms with Crippen LogP contribution in [0.3, 0.4) is 0 Å². The van der Waals surface area contributed by atoms with Gasteiger partial charge in [0.25, 0.3) is 11.7 Å². The van der Waals surface area contributed by atoms with Crippen LogP contribution in [-0.4, -0.2) is 18.7 Å². The molecule has 7 heteroatoms. The van der Waals surface area contributed by atoms with Gasteiger partial charge >= 0.3 is 0 Å². The predicted octanol–water partition coefficient (Wildman–Crippen LogP) is 2.39. The highest BCUT2D eigenvalue weighted by Crippen LogP contribution is 2.22. The summed E-state index contributed by atoms with van der Waals surface area (Å²) in [5, 5.41) is 11.1. The van der Waals surface area contributed by atoms with Gasteiger partial charge in [0.2, 0.25) is 0 Å². The van der Waals surface area contributed by atoms with Gasteiger partial charge in [-0.1, -0.05) is 11.8 Å². The van der Waals surface area contributed by atoms with Gasteiger partial charge in [0.05, 0.1) is 5.75 Å². The molecule has 1 aromatic rings. The number of alkyl halides is 2. The molecule has 1 rings (SSSR count). The first-order valence-corrected chi connectivity index (χ1v) is 5.94. The van der Waals surface area contributed by atoms with Gasteiger partial charge in [0.15, 0.2) is 0 Å². The van der Waals surface area contributed by atoms with Crippen molar-refractivity contribution in [2.45, 2.75) is 11.5 Å². The van der Waals surface area contributed by atoms with Crippen molar-refractivity contribution in [1.29, 1.82) is 5.26 Å². The van der Waals surface area contributed by atoms with Gasteiger partial charge in [0.1, 0.15) is 23.2 Å². The topological polar surface area (TPSA) is 66.0 Å². The number of halogens is 2. The first-order chi connectivity index (χ1) is 8.56. The Bertz CT molecular complexity index is 491. The van der Waals surface area contributed by atoms with Crippen molar-refractivity contribution in [3.8, 4) is 6.07 Å². The molecular weight excluding hydrogens is 262 g/mol. The normalized spacial score (nSPS) is 11.4. The molecule has 0 bridgehead atoms. The molecule has 0 aliphatic heterocycles. The van der Waals surface area contributed by atoms with Crippen molar-refractivity contribution in [3.05, 3.63) is 29.2 Å². The van der Waals surface area contributed by atoms with Gasteiger partial charge in [-0.2, -0.15) is 14.0 Å². The van der Waals surface area contributed by atoms with Crippen molar-refractivity contribution in [2.24, 2.45) is 0 Å². The third-order valence-electron chi connectivity index (χ3n) is 1.91. The molecule has 96 valence electrons. The third-order valence-corrected chi connectivity index (χ3v) is 2.62. The number of carbonyl (C=O) groups is 1. The summed E-state index contributed by atoms with van der Waals surface area (Å²) < 4.78 is 29.1. The van der Waals surface area contributed by atoms with E-state index in [4.69, 9.17) is 9.68 Å². The number of nitrogens with zero attached hydrogens (tertiary/aromatic N) is 1. The Balaban J connectivity index is 2.76. The van der Waals surface area contributed by atoms with E-state index in [1.54, 1.807) is 6.07 Å². The monoisotopic (exact) mass is 272 g/mol. The van der Waals surface area contributed by atoms with E-state index >= 15 is 0 Å². The lowest BCUT2D eigenvalue weighted by atomic mass is 10.2. The third kappa shape index (κ3) is 4.22. The van der Waals surface area contributed by atoms with Gasteiger partial charge in [-0.15, -0.1) is 0 Å². The van der Waals surface area contributed by atoms with Crippen molar-refractivity contribution in [3.63, 3.8) is 0 Å². The molecule has 0 atom stereocenters. The lowest BCUT2D eigenvalue weighted by Gasteiger charge is -1.96. The van der Waals surface area contributed by atoms with Crippen LogP contribution in [0.5, 0.6) is 0 Å². The highest BCUT2D eigenvalue weighted by molar-refractivity contribution is 7.98. The quantitative estimate of drug-likeness (QED) is 0.660. The Hall–Kier alpha value is -1.81. The number of carbonyl (C=O) groups excluding carboxylic acids is 1. The van der Waals surface area contributed by atoms with Crippen LogP contribution in [-0.2, 0) is 10.5 Å². The van der Waals surface area contributed by atoms with Crippen LogP contribution in [0.1, 0.15) is 11.5 Å². The smallest absolute Gasteiger partial charge is 0.284 e. The van der Waals surface area contributed by atoms with Crippen LogP contribution in [0, 0.1) is 11.3 Å². The Morgan fingerprint density at radius 2 is 2.39 bits per heavy atom. The first-order valence-electron chi connectivity index (χ1n) is 4.89. The number of hydrogen-bond acceptors (Lipinski definition) is 4. The molecular formula is C11H10F2N2O2S. The Labute approximate surface area is 107 Å². The maximum absolute atomic E-state index is 12.0. The molecule has 1 amide bonds. The minimum Gasteiger partial charge on any atom is -0.461 e. The van der Waals surface area contributed by atoms with E-state index in [2.05, 4.69) is 5.32 Å². The number of furan rings is 1. The molecule has 4 nitrogen and oxygen atoms in total. The fraction of sp³-hybridized carbons (Fsp3) is 0.273. The standard InChI is InChI=1S/C11H10F2N2O2S/c1-15-10(16)7(5-14)4-8-2-3-9(17-8)6-18-11(12)13/h2-4,11H,6H2,1H3,(H,15,16)/b7-4+. The highest BCUT2D eigenvalue weighted by Gasteiger charge is 2.09. The second-order valence-electron chi connectivity index (χ2n) is 3.12. The Morgan fingerprint density at radius 3 is 2.94 bits per heavy atom. The van der Waals surface area contributed by atoms with Crippen LogP contribution in [0.25, 0.3) is 6.08 Å². The summed E-state index contributed by atoms with van der Waals surface area (Å²) in [5.74, 6) is -2.32. The second-order valence-corrected chi connectivity index (χ2v) is 4.10. The zero-order valence-electron chi connectivity index (χ0n) is 9.44. The Kier molecular flexibility index (Phi) is 5.39. The van der Waals surface area contributed by atoms with E-state index in [-0.39, 0.29) is 17.1 Å². The lowest BCUT2D eigenvalue weighted by molar-refractivity contribution is -0.116. The zero-order chi connectivity index (χ0) is 13.5. The van der Waals surface area contributed by atoms with Gasteiger partial charge < -0.3 is 9.73 Å². The molecule has 1 N–H and O–H groups in total.